The van der Waals surface area contributed by atoms with E-state index in [9.17, 15) is 0 Å². The van der Waals surface area contributed by atoms with Crippen molar-refractivity contribution in [2.24, 2.45) is 5.92 Å². The lowest BCUT2D eigenvalue weighted by Crippen LogP contribution is -2.11. The van der Waals surface area contributed by atoms with E-state index >= 15 is 0 Å². The summed E-state index contributed by atoms with van der Waals surface area (Å²) in [6.07, 6.45) is 11.6. The first kappa shape index (κ1) is 20.3. The highest BCUT2D eigenvalue weighted by atomic mass is 16.5. The quantitative estimate of drug-likeness (QED) is 0.500. The summed E-state index contributed by atoms with van der Waals surface area (Å²) in [6, 6.07) is 17.3. The summed E-state index contributed by atoms with van der Waals surface area (Å²) in [4.78, 5) is 0. The van der Waals surface area contributed by atoms with Crippen LogP contribution in [-0.4, -0.2) is 6.61 Å². The van der Waals surface area contributed by atoms with Gasteiger partial charge in [0.15, 0.2) is 0 Å². The molecule has 0 saturated heterocycles. The van der Waals surface area contributed by atoms with Crippen LogP contribution in [0.1, 0.15) is 68.6 Å². The Morgan fingerprint density at radius 3 is 2.29 bits per heavy atom. The number of hydrogen-bond donors (Lipinski definition) is 0. The van der Waals surface area contributed by atoms with Gasteiger partial charge in [-0.3, -0.25) is 0 Å². The molecule has 0 aromatic heterocycles. The predicted octanol–water partition coefficient (Wildman–Crippen LogP) is 6.92. The van der Waals surface area contributed by atoms with Gasteiger partial charge in [0.25, 0.3) is 0 Å². The standard InChI is InChI=1S/C27H32O/c1-3-21-28-27-19-13-24(14-20-27)8-6-5-7-23-11-17-26(18-12-23)25-15-9-22(4-2)10-16-25/h5,7,9-10,13-16,19-20,23,26H,3-4,11-12,17-18,21H2,1-2H3. The van der Waals surface area contributed by atoms with Crippen molar-refractivity contribution in [2.45, 2.75) is 58.3 Å². The molecule has 1 heteroatoms. The Bertz CT molecular complexity index is 794. The summed E-state index contributed by atoms with van der Waals surface area (Å²) < 4.78 is 5.61. The van der Waals surface area contributed by atoms with E-state index < -0.39 is 0 Å². The van der Waals surface area contributed by atoms with Crippen LogP contribution in [0.3, 0.4) is 0 Å². The first-order chi connectivity index (χ1) is 13.8. The first-order valence-corrected chi connectivity index (χ1v) is 10.8. The van der Waals surface area contributed by atoms with E-state index in [0.717, 1.165) is 36.7 Å². The summed E-state index contributed by atoms with van der Waals surface area (Å²) in [5.41, 5.74) is 3.99. The molecule has 1 aliphatic rings. The van der Waals surface area contributed by atoms with Gasteiger partial charge >= 0.3 is 0 Å². The van der Waals surface area contributed by atoms with Crippen LogP contribution in [0.5, 0.6) is 5.75 Å². The minimum Gasteiger partial charge on any atom is -0.494 e. The van der Waals surface area contributed by atoms with E-state index in [1.54, 1.807) is 0 Å². The van der Waals surface area contributed by atoms with E-state index in [0.29, 0.717) is 5.92 Å². The van der Waals surface area contributed by atoms with Gasteiger partial charge in [0.1, 0.15) is 5.75 Å². The summed E-state index contributed by atoms with van der Waals surface area (Å²) in [5.74, 6) is 8.74. The van der Waals surface area contributed by atoms with Crippen LogP contribution in [0, 0.1) is 17.8 Å². The van der Waals surface area contributed by atoms with Gasteiger partial charge in [0.05, 0.1) is 6.61 Å². The largest absolute Gasteiger partial charge is 0.494 e. The maximum atomic E-state index is 5.61. The van der Waals surface area contributed by atoms with Crippen molar-refractivity contribution < 1.29 is 4.74 Å². The lowest BCUT2D eigenvalue weighted by molar-refractivity contribution is 0.317. The first-order valence-electron chi connectivity index (χ1n) is 10.8. The van der Waals surface area contributed by atoms with Gasteiger partial charge in [0, 0.05) is 5.56 Å². The monoisotopic (exact) mass is 372 g/mol. The maximum Gasteiger partial charge on any atom is 0.119 e. The van der Waals surface area contributed by atoms with Gasteiger partial charge in [0.2, 0.25) is 0 Å². The van der Waals surface area contributed by atoms with Crippen molar-refractivity contribution in [3.05, 3.63) is 77.4 Å². The van der Waals surface area contributed by atoms with Crippen LogP contribution in [0.2, 0.25) is 0 Å². The number of aryl methyl sites for hydroxylation is 1. The number of benzene rings is 2. The molecule has 0 spiro atoms. The molecule has 0 atom stereocenters. The summed E-state index contributed by atoms with van der Waals surface area (Å²) >= 11 is 0. The van der Waals surface area contributed by atoms with Crippen molar-refractivity contribution in [2.75, 3.05) is 6.61 Å². The fraction of sp³-hybridized carbons (Fsp3) is 0.407. The number of allylic oxidation sites excluding steroid dienone is 2. The van der Waals surface area contributed by atoms with Crippen molar-refractivity contribution in [1.29, 1.82) is 0 Å². The van der Waals surface area contributed by atoms with E-state index in [1.807, 2.05) is 30.3 Å². The van der Waals surface area contributed by atoms with Crippen molar-refractivity contribution in [3.63, 3.8) is 0 Å². The Hall–Kier alpha value is -2.46. The van der Waals surface area contributed by atoms with Crippen LogP contribution in [0.4, 0.5) is 0 Å². The zero-order chi connectivity index (χ0) is 19.6. The molecule has 2 aromatic carbocycles. The minimum atomic E-state index is 0.672. The summed E-state index contributed by atoms with van der Waals surface area (Å²) in [6.45, 7) is 5.09. The second-order valence-electron chi connectivity index (χ2n) is 7.71. The molecule has 2 aromatic rings. The molecular weight excluding hydrogens is 340 g/mol. The minimum absolute atomic E-state index is 0.672. The maximum absolute atomic E-state index is 5.61. The van der Waals surface area contributed by atoms with Gasteiger partial charge in [-0.25, -0.2) is 0 Å². The number of hydrogen-bond acceptors (Lipinski definition) is 1. The lowest BCUT2D eigenvalue weighted by atomic mass is 9.78. The molecule has 0 N–H and O–H groups in total. The molecule has 3 rings (SSSR count). The van der Waals surface area contributed by atoms with Crippen LogP contribution in [-0.2, 0) is 6.42 Å². The SMILES string of the molecule is CCCOc1ccc(C#CC=CC2CCC(c3ccc(CC)cc3)CC2)cc1. The van der Waals surface area contributed by atoms with Gasteiger partial charge in [-0.2, -0.15) is 0 Å². The molecule has 0 aliphatic heterocycles. The van der Waals surface area contributed by atoms with E-state index in [2.05, 4.69) is 56.0 Å². The molecule has 0 bridgehead atoms. The fourth-order valence-electron chi connectivity index (χ4n) is 3.83. The Morgan fingerprint density at radius 1 is 0.929 bits per heavy atom. The lowest BCUT2D eigenvalue weighted by Gasteiger charge is -2.27. The summed E-state index contributed by atoms with van der Waals surface area (Å²) in [5, 5.41) is 0. The molecule has 1 fully saturated rings. The molecular formula is C27H32O. The third kappa shape index (κ3) is 6.03. The second kappa shape index (κ2) is 10.8. The van der Waals surface area contributed by atoms with Gasteiger partial charge < -0.3 is 4.74 Å². The van der Waals surface area contributed by atoms with Gasteiger partial charge in [-0.1, -0.05) is 56.0 Å². The average Bonchev–Trinajstić information content (AvgIpc) is 2.76. The van der Waals surface area contributed by atoms with Crippen molar-refractivity contribution in [3.8, 4) is 17.6 Å². The molecule has 28 heavy (non-hydrogen) atoms. The smallest absolute Gasteiger partial charge is 0.119 e. The molecule has 1 saturated carbocycles. The Labute approximate surface area is 170 Å². The van der Waals surface area contributed by atoms with Crippen molar-refractivity contribution in [1.82, 2.24) is 0 Å². The Balaban J connectivity index is 1.45. The highest BCUT2D eigenvalue weighted by Gasteiger charge is 2.20. The predicted molar refractivity (Wildman–Crippen MR) is 119 cm³/mol. The molecule has 1 nitrogen and oxygen atoms in total. The van der Waals surface area contributed by atoms with Crippen LogP contribution in [0.25, 0.3) is 0 Å². The Kier molecular flexibility index (Phi) is 7.80. The second-order valence-corrected chi connectivity index (χ2v) is 7.71. The zero-order valence-corrected chi connectivity index (χ0v) is 17.3. The average molecular weight is 373 g/mol. The van der Waals surface area contributed by atoms with Crippen LogP contribution < -0.4 is 4.74 Å². The van der Waals surface area contributed by atoms with Gasteiger partial charge in [-0.05, 0) is 91.8 Å². The van der Waals surface area contributed by atoms with Gasteiger partial charge in [-0.15, -0.1) is 0 Å². The highest BCUT2D eigenvalue weighted by Crippen LogP contribution is 2.36. The van der Waals surface area contributed by atoms with E-state index in [-0.39, 0.29) is 0 Å². The van der Waals surface area contributed by atoms with Crippen LogP contribution >= 0.6 is 0 Å². The molecule has 0 radical (unpaired) electrons. The Morgan fingerprint density at radius 2 is 1.64 bits per heavy atom. The molecule has 0 unspecified atom stereocenters. The molecule has 1 aliphatic carbocycles. The number of rotatable bonds is 6. The third-order valence-corrected chi connectivity index (χ3v) is 5.63. The zero-order valence-electron chi connectivity index (χ0n) is 17.3. The number of ether oxygens (including phenoxy) is 1. The van der Waals surface area contributed by atoms with E-state index in [1.165, 1.54) is 36.8 Å². The van der Waals surface area contributed by atoms with E-state index in [4.69, 9.17) is 4.74 Å². The van der Waals surface area contributed by atoms with Crippen molar-refractivity contribution >= 4 is 0 Å². The topological polar surface area (TPSA) is 9.23 Å². The highest BCUT2D eigenvalue weighted by molar-refractivity contribution is 5.40. The summed E-state index contributed by atoms with van der Waals surface area (Å²) in [7, 11) is 0. The van der Waals surface area contributed by atoms with Crippen LogP contribution in [0.15, 0.2) is 60.7 Å². The molecule has 0 heterocycles. The fourth-order valence-corrected chi connectivity index (χ4v) is 3.83. The normalized spacial score (nSPS) is 19.2. The molecule has 0 amide bonds. The third-order valence-electron chi connectivity index (χ3n) is 5.63. The molecule has 146 valence electrons.